The fourth-order valence-corrected chi connectivity index (χ4v) is 3.98. The summed E-state index contributed by atoms with van der Waals surface area (Å²) in [6, 6.07) is 0. The number of amides is 1. The van der Waals surface area contributed by atoms with Crippen molar-refractivity contribution in [3.05, 3.63) is 0 Å². The van der Waals surface area contributed by atoms with Crippen LogP contribution in [-0.4, -0.2) is 50.8 Å². The van der Waals surface area contributed by atoms with Gasteiger partial charge in [-0.2, -0.15) is 11.8 Å². The molecule has 2 aliphatic rings. The van der Waals surface area contributed by atoms with Crippen LogP contribution in [0.5, 0.6) is 0 Å². The Bertz CT molecular complexity index is 274. The van der Waals surface area contributed by atoms with Crippen molar-refractivity contribution in [3.8, 4) is 0 Å². The Morgan fingerprint density at radius 2 is 2.28 bits per heavy atom. The molecule has 0 saturated carbocycles. The minimum Gasteiger partial charge on any atom is -0.384 e. The van der Waals surface area contributed by atoms with Gasteiger partial charge in [0.15, 0.2) is 0 Å². The molecule has 1 unspecified atom stereocenters. The average Bonchev–Trinajstić information content (AvgIpc) is 2.87. The van der Waals surface area contributed by atoms with Crippen LogP contribution in [-0.2, 0) is 9.53 Å². The van der Waals surface area contributed by atoms with Gasteiger partial charge in [-0.05, 0) is 43.2 Å². The van der Waals surface area contributed by atoms with Gasteiger partial charge >= 0.3 is 0 Å². The van der Waals surface area contributed by atoms with Crippen LogP contribution in [0.25, 0.3) is 0 Å². The van der Waals surface area contributed by atoms with Crippen LogP contribution < -0.4 is 10.6 Å². The van der Waals surface area contributed by atoms with Crippen molar-refractivity contribution >= 4 is 17.7 Å². The van der Waals surface area contributed by atoms with E-state index in [4.69, 9.17) is 4.74 Å². The Hall–Kier alpha value is -0.260. The summed E-state index contributed by atoms with van der Waals surface area (Å²) >= 11 is 2.02. The molecule has 2 heterocycles. The molecule has 5 heteroatoms. The van der Waals surface area contributed by atoms with E-state index >= 15 is 0 Å². The number of nitrogens with one attached hydrogen (secondary N) is 2. The van der Waals surface area contributed by atoms with E-state index in [-0.39, 0.29) is 11.3 Å². The highest BCUT2D eigenvalue weighted by molar-refractivity contribution is 7.99. The van der Waals surface area contributed by atoms with E-state index in [0.717, 1.165) is 26.1 Å². The van der Waals surface area contributed by atoms with Crippen molar-refractivity contribution in [1.29, 1.82) is 0 Å². The summed E-state index contributed by atoms with van der Waals surface area (Å²) in [6.07, 6.45) is 3.36. The first-order valence-corrected chi connectivity index (χ1v) is 7.98. The normalized spacial score (nSPS) is 29.4. The highest BCUT2D eigenvalue weighted by Crippen LogP contribution is 2.27. The van der Waals surface area contributed by atoms with E-state index in [0.29, 0.717) is 12.5 Å². The molecule has 1 amide bonds. The van der Waals surface area contributed by atoms with Crippen molar-refractivity contribution in [2.75, 3.05) is 44.9 Å². The second-order valence-electron chi connectivity index (χ2n) is 5.41. The van der Waals surface area contributed by atoms with Gasteiger partial charge in [0.1, 0.15) is 0 Å². The fourth-order valence-electron chi connectivity index (χ4n) is 2.78. The third-order valence-electron chi connectivity index (χ3n) is 4.04. The van der Waals surface area contributed by atoms with Crippen molar-refractivity contribution in [3.63, 3.8) is 0 Å². The molecule has 18 heavy (non-hydrogen) atoms. The standard InChI is InChI=1S/C13H24N2O2S/c1-17-10-13(4-5-14-9-13)12(16)15-8-11-2-6-18-7-3-11/h11,14H,2-10H2,1H3,(H,15,16). The Kier molecular flexibility index (Phi) is 5.33. The summed E-state index contributed by atoms with van der Waals surface area (Å²) in [7, 11) is 1.67. The van der Waals surface area contributed by atoms with Crippen LogP contribution in [0, 0.1) is 11.3 Å². The number of carbonyl (C=O) groups excluding carboxylic acids is 1. The average molecular weight is 272 g/mol. The predicted molar refractivity (Wildman–Crippen MR) is 74.9 cm³/mol. The number of hydrogen-bond donors (Lipinski definition) is 2. The van der Waals surface area contributed by atoms with Gasteiger partial charge in [0, 0.05) is 20.2 Å². The topological polar surface area (TPSA) is 50.4 Å². The number of carbonyl (C=O) groups is 1. The van der Waals surface area contributed by atoms with Crippen molar-refractivity contribution in [1.82, 2.24) is 10.6 Å². The zero-order chi connectivity index (χ0) is 12.8. The molecular formula is C13H24N2O2S. The molecule has 4 nitrogen and oxygen atoms in total. The van der Waals surface area contributed by atoms with Crippen LogP contribution in [0.2, 0.25) is 0 Å². The molecule has 0 aromatic rings. The summed E-state index contributed by atoms with van der Waals surface area (Å²) in [6.45, 7) is 3.02. The number of rotatable bonds is 5. The highest BCUT2D eigenvalue weighted by Gasteiger charge is 2.41. The predicted octanol–water partition coefficient (Wildman–Crippen LogP) is 0.872. The van der Waals surface area contributed by atoms with Gasteiger partial charge in [-0.3, -0.25) is 4.79 Å². The Balaban J connectivity index is 1.81. The molecule has 2 saturated heterocycles. The molecule has 2 fully saturated rings. The lowest BCUT2D eigenvalue weighted by Gasteiger charge is -2.28. The zero-order valence-electron chi connectivity index (χ0n) is 11.2. The van der Waals surface area contributed by atoms with Crippen LogP contribution in [0.3, 0.4) is 0 Å². The quantitative estimate of drug-likeness (QED) is 0.780. The first-order valence-electron chi connectivity index (χ1n) is 6.82. The fraction of sp³-hybridized carbons (Fsp3) is 0.923. The third-order valence-corrected chi connectivity index (χ3v) is 5.09. The van der Waals surface area contributed by atoms with Gasteiger partial charge in [0.2, 0.25) is 5.91 Å². The lowest BCUT2D eigenvalue weighted by molar-refractivity contribution is -0.133. The Morgan fingerprint density at radius 1 is 1.50 bits per heavy atom. The summed E-state index contributed by atoms with van der Waals surface area (Å²) in [5.41, 5.74) is -0.335. The van der Waals surface area contributed by atoms with Crippen molar-refractivity contribution in [2.24, 2.45) is 11.3 Å². The Morgan fingerprint density at radius 3 is 2.89 bits per heavy atom. The van der Waals surface area contributed by atoms with Gasteiger partial charge in [0.05, 0.1) is 12.0 Å². The van der Waals surface area contributed by atoms with E-state index in [2.05, 4.69) is 10.6 Å². The maximum atomic E-state index is 12.4. The molecule has 0 aliphatic carbocycles. The van der Waals surface area contributed by atoms with Crippen LogP contribution >= 0.6 is 11.8 Å². The summed E-state index contributed by atoms with van der Waals surface area (Å²) in [5, 5.41) is 6.42. The number of hydrogen-bond acceptors (Lipinski definition) is 4. The molecule has 1 atom stereocenters. The van der Waals surface area contributed by atoms with Crippen molar-refractivity contribution in [2.45, 2.75) is 19.3 Å². The number of ether oxygens (including phenoxy) is 1. The monoisotopic (exact) mass is 272 g/mol. The molecule has 2 aliphatic heterocycles. The molecule has 104 valence electrons. The van der Waals surface area contributed by atoms with Gasteiger partial charge < -0.3 is 15.4 Å². The molecular weight excluding hydrogens is 248 g/mol. The van der Waals surface area contributed by atoms with Gasteiger partial charge in [0.25, 0.3) is 0 Å². The van der Waals surface area contributed by atoms with E-state index in [1.807, 2.05) is 11.8 Å². The van der Waals surface area contributed by atoms with E-state index in [1.165, 1.54) is 24.3 Å². The summed E-state index contributed by atoms with van der Waals surface area (Å²) < 4.78 is 5.24. The van der Waals surface area contributed by atoms with Crippen molar-refractivity contribution < 1.29 is 9.53 Å². The first kappa shape index (κ1) is 14.2. The SMILES string of the molecule is COCC1(C(=O)NCC2CCSCC2)CCNC1. The maximum Gasteiger partial charge on any atom is 0.229 e. The summed E-state index contributed by atoms with van der Waals surface area (Å²) in [5.74, 6) is 3.33. The molecule has 2 N–H and O–H groups in total. The lowest BCUT2D eigenvalue weighted by Crippen LogP contribution is -2.47. The molecule has 0 bridgehead atoms. The second-order valence-corrected chi connectivity index (χ2v) is 6.63. The maximum absolute atomic E-state index is 12.4. The molecule has 0 aromatic carbocycles. The van der Waals surface area contributed by atoms with Gasteiger partial charge in [-0.15, -0.1) is 0 Å². The minimum atomic E-state index is -0.335. The van der Waals surface area contributed by atoms with Crippen LogP contribution in [0.1, 0.15) is 19.3 Å². The van der Waals surface area contributed by atoms with Crippen LogP contribution in [0.15, 0.2) is 0 Å². The number of methoxy groups -OCH3 is 1. The molecule has 0 radical (unpaired) electrons. The smallest absolute Gasteiger partial charge is 0.229 e. The Labute approximate surface area is 114 Å². The van der Waals surface area contributed by atoms with Crippen LogP contribution in [0.4, 0.5) is 0 Å². The lowest BCUT2D eigenvalue weighted by atomic mass is 9.86. The van der Waals surface area contributed by atoms with E-state index in [9.17, 15) is 4.79 Å². The number of thioether (sulfide) groups is 1. The second kappa shape index (κ2) is 6.78. The largest absolute Gasteiger partial charge is 0.384 e. The molecule has 0 aromatic heterocycles. The van der Waals surface area contributed by atoms with E-state index < -0.39 is 0 Å². The minimum absolute atomic E-state index is 0.174. The molecule has 0 spiro atoms. The van der Waals surface area contributed by atoms with Gasteiger partial charge in [-0.25, -0.2) is 0 Å². The van der Waals surface area contributed by atoms with E-state index in [1.54, 1.807) is 7.11 Å². The summed E-state index contributed by atoms with van der Waals surface area (Å²) in [4.78, 5) is 12.4. The molecule has 2 rings (SSSR count). The zero-order valence-corrected chi connectivity index (χ0v) is 12.0. The first-order chi connectivity index (χ1) is 8.77. The third kappa shape index (κ3) is 3.39. The highest BCUT2D eigenvalue weighted by atomic mass is 32.2. The van der Waals surface area contributed by atoms with Gasteiger partial charge in [-0.1, -0.05) is 0 Å².